The van der Waals surface area contributed by atoms with Gasteiger partial charge in [0.1, 0.15) is 0 Å². The average Bonchev–Trinajstić information content (AvgIpc) is 2.48. The summed E-state index contributed by atoms with van der Waals surface area (Å²) in [7, 11) is 3.75. The summed E-state index contributed by atoms with van der Waals surface area (Å²) in [4.78, 5) is 13.7. The number of nitrogens with one attached hydrogen (secondary N) is 1. The van der Waals surface area contributed by atoms with E-state index in [1.165, 1.54) is 21.9 Å². The number of nitrogens with zero attached hydrogens (tertiary/aromatic N) is 1. The molecule has 0 aliphatic heterocycles. The van der Waals surface area contributed by atoms with Crippen LogP contribution in [0.5, 0.6) is 0 Å². The smallest absolute Gasteiger partial charge is 0.221 e. The van der Waals surface area contributed by atoms with Gasteiger partial charge in [0, 0.05) is 26.1 Å². The van der Waals surface area contributed by atoms with E-state index in [2.05, 4.69) is 67.5 Å². The highest BCUT2D eigenvalue weighted by Crippen LogP contribution is 2.23. The highest BCUT2D eigenvalue weighted by molar-refractivity contribution is 5.88. The first kappa shape index (κ1) is 15.5. The molecular weight excluding hydrogens is 260 g/mol. The molecule has 0 aliphatic rings. The van der Waals surface area contributed by atoms with Crippen LogP contribution in [-0.4, -0.2) is 30.9 Å². The van der Waals surface area contributed by atoms with Gasteiger partial charge in [-0.25, -0.2) is 0 Å². The third kappa shape index (κ3) is 3.61. The van der Waals surface area contributed by atoms with Crippen molar-refractivity contribution in [2.24, 2.45) is 0 Å². The maximum absolute atomic E-state index is 11.5. The molecule has 0 fully saturated rings. The number of amides is 1. The predicted molar refractivity (Wildman–Crippen MR) is 88.3 cm³/mol. The van der Waals surface area contributed by atoms with Gasteiger partial charge in [0.15, 0.2) is 0 Å². The largest absolute Gasteiger partial charge is 0.359 e. The number of rotatable bonds is 5. The fourth-order valence-corrected chi connectivity index (χ4v) is 2.62. The maximum Gasteiger partial charge on any atom is 0.221 e. The molecule has 1 amide bonds. The second-order valence-corrected chi connectivity index (χ2v) is 5.73. The molecule has 1 N–H and O–H groups in total. The lowest BCUT2D eigenvalue weighted by Crippen LogP contribution is -2.33. The van der Waals surface area contributed by atoms with Gasteiger partial charge in [-0.2, -0.15) is 0 Å². The molecule has 0 heterocycles. The van der Waals surface area contributed by atoms with Crippen LogP contribution >= 0.6 is 0 Å². The van der Waals surface area contributed by atoms with Gasteiger partial charge in [-0.15, -0.1) is 0 Å². The van der Waals surface area contributed by atoms with E-state index in [0.717, 1.165) is 6.54 Å². The normalized spacial score (nSPS) is 12.6. The second kappa shape index (κ2) is 6.72. The minimum atomic E-state index is 0.0862. The number of carbonyl (C=O) groups excluding carboxylic acids is 1. The summed E-state index contributed by atoms with van der Waals surface area (Å²) in [6.45, 7) is 5.08. The molecule has 0 saturated heterocycles. The first-order valence-corrected chi connectivity index (χ1v) is 7.41. The van der Waals surface area contributed by atoms with E-state index in [1.54, 1.807) is 7.05 Å². The summed E-state index contributed by atoms with van der Waals surface area (Å²) in [6, 6.07) is 13.1. The van der Waals surface area contributed by atoms with E-state index < -0.39 is 0 Å². The van der Waals surface area contributed by atoms with Gasteiger partial charge in [-0.3, -0.25) is 9.69 Å². The summed E-state index contributed by atoms with van der Waals surface area (Å²) < 4.78 is 0. The molecule has 2 aromatic carbocycles. The van der Waals surface area contributed by atoms with Crippen LogP contribution in [0.3, 0.4) is 0 Å². The van der Waals surface area contributed by atoms with Crippen molar-refractivity contribution < 1.29 is 4.79 Å². The topological polar surface area (TPSA) is 32.3 Å². The van der Waals surface area contributed by atoms with Crippen molar-refractivity contribution in [3.05, 3.63) is 47.5 Å². The summed E-state index contributed by atoms with van der Waals surface area (Å²) in [6.07, 6.45) is 0.525. The molecule has 2 aromatic rings. The molecule has 0 aromatic heterocycles. The lowest BCUT2D eigenvalue weighted by molar-refractivity contribution is -0.121. The van der Waals surface area contributed by atoms with E-state index in [4.69, 9.17) is 0 Å². The molecule has 1 unspecified atom stereocenters. The summed E-state index contributed by atoms with van der Waals surface area (Å²) in [5.41, 5.74) is 2.61. The van der Waals surface area contributed by atoms with Gasteiger partial charge in [-0.05, 0) is 42.8 Å². The molecule has 0 radical (unpaired) electrons. The predicted octanol–water partition coefficient (Wildman–Crippen LogP) is 3.10. The molecule has 1 atom stereocenters. The van der Waals surface area contributed by atoms with Crippen LogP contribution in [0.25, 0.3) is 10.8 Å². The van der Waals surface area contributed by atoms with E-state index >= 15 is 0 Å². The third-order valence-corrected chi connectivity index (χ3v) is 4.16. The lowest BCUT2D eigenvalue weighted by atomic mass is 10.00. The molecule has 3 heteroatoms. The molecule has 0 aliphatic carbocycles. The Labute approximate surface area is 127 Å². The standard InChI is InChI=1S/C18H24N2O/c1-13-7-5-10-17-15(8-6-9-16(13)17)12-20(4)14(2)11-18(21)19-3/h5-10,14H,11-12H2,1-4H3,(H,19,21). The van der Waals surface area contributed by atoms with Crippen LogP contribution in [0.2, 0.25) is 0 Å². The molecule has 112 valence electrons. The maximum atomic E-state index is 11.5. The minimum absolute atomic E-state index is 0.0862. The number of hydrogen-bond donors (Lipinski definition) is 1. The molecule has 2 rings (SSSR count). The van der Waals surface area contributed by atoms with Crippen LogP contribution in [0.4, 0.5) is 0 Å². The Hall–Kier alpha value is -1.87. The number of benzene rings is 2. The van der Waals surface area contributed by atoms with Gasteiger partial charge in [0.2, 0.25) is 5.91 Å². The fraction of sp³-hybridized carbons (Fsp3) is 0.389. The van der Waals surface area contributed by atoms with Gasteiger partial charge < -0.3 is 5.32 Å². The minimum Gasteiger partial charge on any atom is -0.359 e. The lowest BCUT2D eigenvalue weighted by Gasteiger charge is -2.25. The highest BCUT2D eigenvalue weighted by atomic mass is 16.1. The zero-order valence-corrected chi connectivity index (χ0v) is 13.3. The van der Waals surface area contributed by atoms with Crippen molar-refractivity contribution >= 4 is 16.7 Å². The number of hydrogen-bond acceptors (Lipinski definition) is 2. The van der Waals surface area contributed by atoms with Crippen molar-refractivity contribution in [2.45, 2.75) is 32.9 Å². The second-order valence-electron chi connectivity index (χ2n) is 5.73. The molecule has 3 nitrogen and oxygen atoms in total. The molecular formula is C18H24N2O. The molecule has 21 heavy (non-hydrogen) atoms. The molecule has 0 spiro atoms. The van der Waals surface area contributed by atoms with Crippen LogP contribution < -0.4 is 5.32 Å². The Balaban J connectivity index is 2.20. The SMILES string of the molecule is CNC(=O)CC(C)N(C)Cc1cccc2c(C)cccc12. The Bertz CT molecular complexity index is 636. The first-order valence-electron chi connectivity index (χ1n) is 7.41. The van der Waals surface area contributed by atoms with Crippen LogP contribution in [-0.2, 0) is 11.3 Å². The van der Waals surface area contributed by atoms with Crippen LogP contribution in [0.1, 0.15) is 24.5 Å². The summed E-state index contributed by atoms with van der Waals surface area (Å²) in [5, 5.41) is 5.30. The highest BCUT2D eigenvalue weighted by Gasteiger charge is 2.14. The quantitative estimate of drug-likeness (QED) is 0.915. The van der Waals surface area contributed by atoms with Gasteiger partial charge in [0.05, 0.1) is 0 Å². The first-order chi connectivity index (χ1) is 10.0. The summed E-state index contributed by atoms with van der Waals surface area (Å²) >= 11 is 0. The number of aryl methyl sites for hydroxylation is 1. The Morgan fingerprint density at radius 2 is 1.86 bits per heavy atom. The zero-order valence-electron chi connectivity index (χ0n) is 13.3. The van der Waals surface area contributed by atoms with Crippen molar-refractivity contribution in [1.29, 1.82) is 0 Å². The van der Waals surface area contributed by atoms with Gasteiger partial charge in [-0.1, -0.05) is 36.4 Å². The van der Waals surface area contributed by atoms with Crippen molar-refractivity contribution in [3.8, 4) is 0 Å². The number of fused-ring (bicyclic) bond motifs is 1. The zero-order chi connectivity index (χ0) is 15.4. The monoisotopic (exact) mass is 284 g/mol. The van der Waals surface area contributed by atoms with Gasteiger partial charge in [0.25, 0.3) is 0 Å². The Morgan fingerprint density at radius 3 is 2.57 bits per heavy atom. The Kier molecular flexibility index (Phi) is 4.97. The van der Waals surface area contributed by atoms with E-state index in [-0.39, 0.29) is 11.9 Å². The fourth-order valence-electron chi connectivity index (χ4n) is 2.62. The van der Waals surface area contributed by atoms with E-state index in [1.807, 2.05) is 0 Å². The Morgan fingerprint density at radius 1 is 1.19 bits per heavy atom. The summed E-state index contributed by atoms with van der Waals surface area (Å²) in [5.74, 6) is 0.0862. The van der Waals surface area contributed by atoms with Gasteiger partial charge >= 0.3 is 0 Å². The van der Waals surface area contributed by atoms with E-state index in [0.29, 0.717) is 6.42 Å². The van der Waals surface area contributed by atoms with E-state index in [9.17, 15) is 4.79 Å². The van der Waals surface area contributed by atoms with Crippen LogP contribution in [0, 0.1) is 6.92 Å². The van der Waals surface area contributed by atoms with Crippen LogP contribution in [0.15, 0.2) is 36.4 Å². The molecule has 0 saturated carbocycles. The van der Waals surface area contributed by atoms with Crippen molar-refractivity contribution in [3.63, 3.8) is 0 Å². The van der Waals surface area contributed by atoms with Crippen molar-refractivity contribution in [1.82, 2.24) is 10.2 Å². The number of carbonyl (C=O) groups is 1. The third-order valence-electron chi connectivity index (χ3n) is 4.16. The molecule has 0 bridgehead atoms. The van der Waals surface area contributed by atoms with Crippen molar-refractivity contribution in [2.75, 3.05) is 14.1 Å². The average molecular weight is 284 g/mol.